The molecule has 71 heavy (non-hydrogen) atoms. The van der Waals surface area contributed by atoms with Crippen molar-refractivity contribution in [3.8, 4) is 67.5 Å². The van der Waals surface area contributed by atoms with Crippen LogP contribution in [0.15, 0.2) is 261 Å². The number of hydrogen-bond acceptors (Lipinski definition) is 3. The fourth-order valence-electron chi connectivity index (χ4n) is 11.8. The maximum Gasteiger partial charge on any atom is 0.164 e. The van der Waals surface area contributed by atoms with E-state index in [-0.39, 0.29) is 0 Å². The van der Waals surface area contributed by atoms with Crippen molar-refractivity contribution in [2.24, 2.45) is 0 Å². The van der Waals surface area contributed by atoms with E-state index in [4.69, 9.17) is 15.0 Å². The summed E-state index contributed by atoms with van der Waals surface area (Å²) >= 11 is 0. The predicted molar refractivity (Wildman–Crippen MR) is 294 cm³/mol. The summed E-state index contributed by atoms with van der Waals surface area (Å²) in [6, 6.07) is 94.6. The highest BCUT2D eigenvalue weighted by atomic mass is 15.0. The van der Waals surface area contributed by atoms with Crippen LogP contribution in [0.4, 0.5) is 0 Å². The predicted octanol–water partition coefficient (Wildman–Crippen LogP) is 17.2. The molecule has 3 heteroatoms. The lowest BCUT2D eigenvalue weighted by molar-refractivity contribution is 0.768. The number of aromatic nitrogens is 3. The molecule has 12 aromatic carbocycles. The number of nitrogens with zero attached hydrogens (tertiary/aromatic N) is 3. The Kier molecular flexibility index (Phi) is 9.43. The molecular weight excluding hydrogens is 859 g/mol. The van der Waals surface area contributed by atoms with Gasteiger partial charge in [0.1, 0.15) is 0 Å². The quantitative estimate of drug-likeness (QED) is 0.150. The minimum absolute atomic E-state index is 0.491. The van der Waals surface area contributed by atoms with Crippen LogP contribution in [0.3, 0.4) is 0 Å². The van der Waals surface area contributed by atoms with Gasteiger partial charge in [0.2, 0.25) is 0 Å². The molecule has 0 unspecified atom stereocenters. The van der Waals surface area contributed by atoms with E-state index in [2.05, 4.69) is 224 Å². The van der Waals surface area contributed by atoms with Crippen molar-refractivity contribution in [2.75, 3.05) is 0 Å². The summed E-state index contributed by atoms with van der Waals surface area (Å²) in [5.74, 6) is 1.93. The molecular formula is C68H43N3. The first-order valence-corrected chi connectivity index (χ1v) is 24.4. The van der Waals surface area contributed by atoms with Gasteiger partial charge >= 0.3 is 0 Å². The maximum atomic E-state index is 5.16. The van der Waals surface area contributed by atoms with E-state index in [1.807, 2.05) is 36.4 Å². The Morgan fingerprint density at radius 3 is 1.15 bits per heavy atom. The zero-order valence-corrected chi connectivity index (χ0v) is 38.7. The van der Waals surface area contributed by atoms with E-state index in [0.717, 1.165) is 33.0 Å². The van der Waals surface area contributed by atoms with E-state index in [1.54, 1.807) is 0 Å². The number of rotatable bonds is 7. The van der Waals surface area contributed by atoms with Gasteiger partial charge in [-0.25, -0.2) is 15.0 Å². The van der Waals surface area contributed by atoms with Crippen LogP contribution < -0.4 is 0 Å². The second-order valence-electron chi connectivity index (χ2n) is 18.5. The second kappa shape index (κ2) is 16.4. The third-order valence-electron chi connectivity index (χ3n) is 14.8. The SMILES string of the molecule is c1ccc(-c2nc(-c3ccccc3)nc(-c3ccc(-c4cc5c6ccccc6c(-c6cccc7c6-c6ccccc6C7(c6ccccc6)c6ccccc6)cc5c5ccccc45)c4ccccc34)n2)cc1. The van der Waals surface area contributed by atoms with Gasteiger partial charge in [-0.05, 0) is 117 Å². The third kappa shape index (κ3) is 6.33. The largest absolute Gasteiger partial charge is 0.208 e. The van der Waals surface area contributed by atoms with E-state index < -0.39 is 5.41 Å². The molecule has 0 fully saturated rings. The highest BCUT2D eigenvalue weighted by Gasteiger charge is 2.46. The summed E-state index contributed by atoms with van der Waals surface area (Å²) in [6.07, 6.45) is 0. The van der Waals surface area contributed by atoms with Gasteiger partial charge < -0.3 is 0 Å². The Morgan fingerprint density at radius 1 is 0.225 bits per heavy atom. The highest BCUT2D eigenvalue weighted by molar-refractivity contribution is 6.25. The minimum atomic E-state index is -0.491. The Bertz CT molecular complexity index is 4110. The van der Waals surface area contributed by atoms with Gasteiger partial charge in [-0.15, -0.1) is 0 Å². The first-order valence-electron chi connectivity index (χ1n) is 24.4. The fraction of sp³-hybridized carbons (Fsp3) is 0.0147. The summed E-state index contributed by atoms with van der Waals surface area (Å²) in [4.78, 5) is 15.3. The molecule has 0 N–H and O–H groups in total. The van der Waals surface area contributed by atoms with Crippen LogP contribution in [0.2, 0.25) is 0 Å². The normalized spacial score (nSPS) is 12.6. The van der Waals surface area contributed by atoms with Crippen molar-refractivity contribution in [3.05, 3.63) is 283 Å². The average molecular weight is 902 g/mol. The molecule has 3 nitrogen and oxygen atoms in total. The van der Waals surface area contributed by atoms with Gasteiger partial charge in [-0.1, -0.05) is 243 Å². The number of hydrogen-bond donors (Lipinski definition) is 0. The molecule has 1 aliphatic rings. The Hall–Kier alpha value is -9.31. The lowest BCUT2D eigenvalue weighted by atomic mass is 9.67. The van der Waals surface area contributed by atoms with Crippen LogP contribution in [-0.2, 0) is 5.41 Å². The molecule has 0 saturated carbocycles. The third-order valence-corrected chi connectivity index (χ3v) is 14.8. The first kappa shape index (κ1) is 40.7. The van der Waals surface area contributed by atoms with Crippen molar-refractivity contribution in [1.29, 1.82) is 0 Å². The zero-order chi connectivity index (χ0) is 46.9. The molecule has 0 bridgehead atoms. The van der Waals surface area contributed by atoms with Gasteiger partial charge in [0.05, 0.1) is 5.41 Å². The van der Waals surface area contributed by atoms with Crippen molar-refractivity contribution < 1.29 is 0 Å². The Morgan fingerprint density at radius 2 is 0.606 bits per heavy atom. The van der Waals surface area contributed by atoms with Crippen molar-refractivity contribution in [3.63, 3.8) is 0 Å². The topological polar surface area (TPSA) is 38.7 Å². The van der Waals surface area contributed by atoms with Gasteiger partial charge in [-0.2, -0.15) is 0 Å². The number of fused-ring (bicyclic) bond motifs is 9. The second-order valence-corrected chi connectivity index (χ2v) is 18.5. The molecule has 1 heterocycles. The lowest BCUT2D eigenvalue weighted by Gasteiger charge is -2.34. The van der Waals surface area contributed by atoms with E-state index in [0.29, 0.717) is 17.5 Å². The van der Waals surface area contributed by atoms with Crippen LogP contribution in [0.1, 0.15) is 22.3 Å². The first-order chi connectivity index (χ1) is 35.2. The summed E-state index contributed by atoms with van der Waals surface area (Å²) < 4.78 is 0. The molecule has 0 aliphatic heterocycles. The van der Waals surface area contributed by atoms with Crippen LogP contribution in [0.25, 0.3) is 111 Å². The van der Waals surface area contributed by atoms with E-state index in [9.17, 15) is 0 Å². The van der Waals surface area contributed by atoms with E-state index in [1.165, 1.54) is 82.4 Å². The summed E-state index contributed by atoms with van der Waals surface area (Å²) in [6.45, 7) is 0. The highest BCUT2D eigenvalue weighted by Crippen LogP contribution is 2.59. The van der Waals surface area contributed by atoms with Gasteiger partial charge in [0.25, 0.3) is 0 Å². The van der Waals surface area contributed by atoms with Gasteiger partial charge in [0.15, 0.2) is 17.5 Å². The summed E-state index contributed by atoms with van der Waals surface area (Å²) in [5, 5.41) is 9.54. The van der Waals surface area contributed by atoms with Gasteiger partial charge in [0, 0.05) is 16.7 Å². The van der Waals surface area contributed by atoms with Crippen LogP contribution in [0.5, 0.6) is 0 Å². The Labute approximate surface area is 412 Å². The van der Waals surface area contributed by atoms with Crippen molar-refractivity contribution in [1.82, 2.24) is 15.0 Å². The van der Waals surface area contributed by atoms with Crippen molar-refractivity contribution >= 4 is 43.1 Å². The van der Waals surface area contributed by atoms with E-state index >= 15 is 0 Å². The molecule has 0 atom stereocenters. The maximum absolute atomic E-state index is 5.16. The number of benzene rings is 12. The summed E-state index contributed by atoms with van der Waals surface area (Å²) in [5.41, 5.74) is 14.9. The molecule has 1 aromatic heterocycles. The standard InChI is InChI=1S/C68H43N3/c1-5-22-44(23-6-1)65-69-66(45-24-7-2-8-25-45)71-67(70-65)56-41-40-54(48-30-13-14-31-49(48)56)58-42-60-53-35-18-16-33-51(53)59(43-61(60)52-34-17-15-32-50(52)58)55-37-21-39-63-64(55)57-36-19-20-38-62(57)68(63,46-26-9-3-10-27-46)47-28-11-4-12-29-47/h1-43H. The smallest absolute Gasteiger partial charge is 0.164 e. The summed E-state index contributed by atoms with van der Waals surface area (Å²) in [7, 11) is 0. The monoisotopic (exact) mass is 901 g/mol. The van der Waals surface area contributed by atoms with Crippen LogP contribution >= 0.6 is 0 Å². The molecule has 0 saturated heterocycles. The molecule has 0 spiro atoms. The molecule has 0 amide bonds. The average Bonchev–Trinajstić information content (AvgIpc) is 3.77. The van der Waals surface area contributed by atoms with Crippen molar-refractivity contribution in [2.45, 2.75) is 5.41 Å². The van der Waals surface area contributed by atoms with Crippen LogP contribution in [0, 0.1) is 0 Å². The molecule has 330 valence electrons. The fourth-order valence-corrected chi connectivity index (χ4v) is 11.8. The lowest BCUT2D eigenvalue weighted by Crippen LogP contribution is -2.28. The Balaban J connectivity index is 0.993. The molecule has 14 rings (SSSR count). The van der Waals surface area contributed by atoms with Crippen LogP contribution in [-0.4, -0.2) is 15.0 Å². The molecule has 13 aromatic rings. The minimum Gasteiger partial charge on any atom is -0.208 e. The molecule has 0 radical (unpaired) electrons. The van der Waals surface area contributed by atoms with Gasteiger partial charge in [-0.3, -0.25) is 0 Å². The molecule has 1 aliphatic carbocycles. The zero-order valence-electron chi connectivity index (χ0n) is 38.7.